The molecule has 0 bridgehead atoms. The van der Waals surface area contributed by atoms with Crippen molar-refractivity contribution in [1.29, 1.82) is 0 Å². The second-order valence-corrected chi connectivity index (χ2v) is 4.82. The number of rotatable bonds is 6. The number of carbonyl (C=O) groups is 1. The third-order valence-electron chi connectivity index (χ3n) is 2.83. The number of hydrogen-bond acceptors (Lipinski definition) is 4. The van der Waals surface area contributed by atoms with Gasteiger partial charge < -0.3 is 11.1 Å². The Morgan fingerprint density at radius 3 is 2.64 bits per heavy atom. The van der Waals surface area contributed by atoms with Gasteiger partial charge in [-0.2, -0.15) is 5.10 Å². The van der Waals surface area contributed by atoms with Gasteiger partial charge in [-0.3, -0.25) is 14.5 Å². The summed E-state index contributed by atoms with van der Waals surface area (Å²) in [6.45, 7) is 2.54. The molecule has 0 radical (unpaired) electrons. The summed E-state index contributed by atoms with van der Waals surface area (Å²) in [4.78, 5) is 15.6. The molecule has 3 N–H and O–H groups in total. The zero-order chi connectivity index (χ0) is 14.4. The van der Waals surface area contributed by atoms with Gasteiger partial charge in [-0.05, 0) is 31.0 Å². The van der Waals surface area contributed by atoms with Crippen molar-refractivity contribution in [1.82, 2.24) is 14.8 Å². The van der Waals surface area contributed by atoms with E-state index < -0.39 is 0 Å². The van der Waals surface area contributed by atoms with Gasteiger partial charge in [0.05, 0.1) is 6.54 Å². The number of nitrogens with one attached hydrogen (secondary N) is 1. The maximum absolute atomic E-state index is 11.7. The van der Waals surface area contributed by atoms with Crippen LogP contribution < -0.4 is 11.1 Å². The molecule has 0 saturated heterocycles. The van der Waals surface area contributed by atoms with Gasteiger partial charge in [-0.1, -0.05) is 0 Å². The number of pyridine rings is 1. The molecular weight excluding hydrogens is 325 g/mol. The molecule has 22 heavy (non-hydrogen) atoms. The average Bonchev–Trinajstić information content (AvgIpc) is 2.85. The molecule has 2 heterocycles. The van der Waals surface area contributed by atoms with E-state index in [1.807, 2.05) is 25.3 Å². The summed E-state index contributed by atoms with van der Waals surface area (Å²) in [5, 5.41) is 7.07. The molecule has 1 unspecified atom stereocenters. The molecule has 0 aromatic carbocycles. The Bertz CT molecular complexity index is 559. The van der Waals surface area contributed by atoms with E-state index in [2.05, 4.69) is 15.4 Å². The Morgan fingerprint density at radius 1 is 1.32 bits per heavy atom. The number of nitrogens with zero attached hydrogens (tertiary/aromatic N) is 3. The summed E-state index contributed by atoms with van der Waals surface area (Å²) in [7, 11) is 0. The first-order chi connectivity index (χ1) is 9.63. The molecule has 6 nitrogen and oxygen atoms in total. The Balaban J connectivity index is 0.00000220. The van der Waals surface area contributed by atoms with E-state index >= 15 is 0 Å². The van der Waals surface area contributed by atoms with Crippen molar-refractivity contribution in [2.45, 2.75) is 32.4 Å². The standard InChI is InChI=1S/C14H19N5O.2ClH/c1-11(15)2-3-14(20)17-13-6-9-19(18-13)10-12-4-7-16-8-5-12;;/h4-9,11H,2-3,10,15H2,1H3,(H,17,18,20);2*1H. The summed E-state index contributed by atoms with van der Waals surface area (Å²) >= 11 is 0. The van der Waals surface area contributed by atoms with E-state index in [1.165, 1.54) is 0 Å². The van der Waals surface area contributed by atoms with Crippen molar-refractivity contribution in [3.05, 3.63) is 42.4 Å². The summed E-state index contributed by atoms with van der Waals surface area (Å²) in [6.07, 6.45) is 6.41. The number of halogens is 2. The first kappa shape index (κ1) is 20.4. The van der Waals surface area contributed by atoms with Crippen LogP contribution in [0.5, 0.6) is 0 Å². The zero-order valence-corrected chi connectivity index (χ0v) is 13.9. The SMILES string of the molecule is CC(N)CCC(=O)Nc1ccn(Cc2ccncc2)n1.Cl.Cl. The molecule has 122 valence electrons. The highest BCUT2D eigenvalue weighted by Crippen LogP contribution is 2.07. The van der Waals surface area contributed by atoms with Crippen molar-refractivity contribution in [2.24, 2.45) is 5.73 Å². The van der Waals surface area contributed by atoms with E-state index in [-0.39, 0.29) is 36.8 Å². The Labute approximate surface area is 142 Å². The topological polar surface area (TPSA) is 85.8 Å². The summed E-state index contributed by atoms with van der Waals surface area (Å²) in [5.74, 6) is 0.505. The van der Waals surface area contributed by atoms with Gasteiger partial charge in [0.25, 0.3) is 0 Å². The predicted molar refractivity (Wildman–Crippen MR) is 91.6 cm³/mol. The first-order valence-electron chi connectivity index (χ1n) is 6.61. The van der Waals surface area contributed by atoms with Crippen LogP contribution in [0, 0.1) is 0 Å². The second kappa shape index (κ2) is 10.2. The largest absolute Gasteiger partial charge is 0.328 e. The van der Waals surface area contributed by atoms with Gasteiger partial charge in [-0.25, -0.2) is 0 Å². The fourth-order valence-electron chi connectivity index (χ4n) is 1.76. The molecule has 2 aromatic heterocycles. The van der Waals surface area contributed by atoms with Gasteiger partial charge in [0, 0.05) is 37.1 Å². The fourth-order valence-corrected chi connectivity index (χ4v) is 1.76. The smallest absolute Gasteiger partial charge is 0.225 e. The molecule has 0 saturated carbocycles. The average molecular weight is 346 g/mol. The molecule has 0 aliphatic heterocycles. The van der Waals surface area contributed by atoms with Gasteiger partial charge >= 0.3 is 0 Å². The minimum Gasteiger partial charge on any atom is -0.328 e. The molecule has 1 amide bonds. The van der Waals surface area contributed by atoms with Crippen molar-refractivity contribution in [3.8, 4) is 0 Å². The first-order valence-corrected chi connectivity index (χ1v) is 6.61. The van der Waals surface area contributed by atoms with Gasteiger partial charge in [-0.15, -0.1) is 24.8 Å². The lowest BCUT2D eigenvalue weighted by atomic mass is 10.2. The number of aromatic nitrogens is 3. The third-order valence-corrected chi connectivity index (χ3v) is 2.83. The predicted octanol–water partition coefficient (Wildman–Crippen LogP) is 2.24. The third kappa shape index (κ3) is 6.89. The van der Waals surface area contributed by atoms with Crippen LogP contribution in [0.15, 0.2) is 36.8 Å². The van der Waals surface area contributed by atoms with E-state index in [9.17, 15) is 4.79 Å². The second-order valence-electron chi connectivity index (χ2n) is 4.82. The molecule has 0 aliphatic rings. The quantitative estimate of drug-likeness (QED) is 0.840. The van der Waals surface area contributed by atoms with Crippen LogP contribution in [0.3, 0.4) is 0 Å². The van der Waals surface area contributed by atoms with Gasteiger partial charge in [0.2, 0.25) is 5.91 Å². The molecule has 1 atom stereocenters. The number of nitrogens with two attached hydrogens (primary N) is 1. The maximum atomic E-state index is 11.7. The fraction of sp³-hybridized carbons (Fsp3) is 0.357. The Kier molecular flexibility index (Phi) is 9.40. The summed E-state index contributed by atoms with van der Waals surface area (Å²) in [6, 6.07) is 5.68. The Hall–Kier alpha value is -1.63. The lowest BCUT2D eigenvalue weighted by Gasteiger charge is -2.04. The van der Waals surface area contributed by atoms with Crippen molar-refractivity contribution in [3.63, 3.8) is 0 Å². The maximum Gasteiger partial charge on any atom is 0.225 e. The minimum absolute atomic E-state index is 0. The molecular formula is C14H21Cl2N5O. The lowest BCUT2D eigenvalue weighted by molar-refractivity contribution is -0.116. The van der Waals surface area contributed by atoms with E-state index in [0.717, 1.165) is 5.56 Å². The van der Waals surface area contributed by atoms with Crippen LogP contribution in [0.4, 0.5) is 5.82 Å². The zero-order valence-electron chi connectivity index (χ0n) is 12.3. The molecule has 2 aromatic rings. The van der Waals surface area contributed by atoms with Crippen LogP contribution in [0.25, 0.3) is 0 Å². The number of anilines is 1. The molecule has 2 rings (SSSR count). The molecule has 8 heteroatoms. The summed E-state index contributed by atoms with van der Waals surface area (Å²) in [5.41, 5.74) is 6.73. The van der Waals surface area contributed by atoms with Crippen molar-refractivity contribution >= 4 is 36.5 Å². The molecule has 0 fully saturated rings. The van der Waals surface area contributed by atoms with Crippen LogP contribution in [0.1, 0.15) is 25.3 Å². The van der Waals surface area contributed by atoms with Crippen molar-refractivity contribution < 1.29 is 4.79 Å². The van der Waals surface area contributed by atoms with Crippen LogP contribution >= 0.6 is 24.8 Å². The van der Waals surface area contributed by atoms with Gasteiger partial charge in [0.1, 0.15) is 0 Å². The van der Waals surface area contributed by atoms with Crippen molar-refractivity contribution in [2.75, 3.05) is 5.32 Å². The number of amides is 1. The van der Waals surface area contributed by atoms with Crippen LogP contribution in [-0.2, 0) is 11.3 Å². The highest BCUT2D eigenvalue weighted by molar-refractivity contribution is 5.89. The normalized spacial score (nSPS) is 11.0. The summed E-state index contributed by atoms with van der Waals surface area (Å²) < 4.78 is 1.77. The lowest BCUT2D eigenvalue weighted by Crippen LogP contribution is -2.19. The molecule has 0 spiro atoms. The highest BCUT2D eigenvalue weighted by Gasteiger charge is 2.06. The van der Waals surface area contributed by atoms with Gasteiger partial charge in [0.15, 0.2) is 5.82 Å². The van der Waals surface area contributed by atoms with Crippen LogP contribution in [0.2, 0.25) is 0 Å². The number of carbonyl (C=O) groups excluding carboxylic acids is 1. The van der Waals surface area contributed by atoms with Crippen LogP contribution in [-0.4, -0.2) is 26.7 Å². The number of hydrogen-bond donors (Lipinski definition) is 2. The van der Waals surface area contributed by atoms with E-state index in [0.29, 0.717) is 25.2 Å². The van der Waals surface area contributed by atoms with E-state index in [4.69, 9.17) is 5.73 Å². The molecule has 0 aliphatic carbocycles. The monoisotopic (exact) mass is 345 g/mol. The minimum atomic E-state index is -0.0588. The highest BCUT2D eigenvalue weighted by atomic mass is 35.5. The Morgan fingerprint density at radius 2 is 2.00 bits per heavy atom. The van der Waals surface area contributed by atoms with E-state index in [1.54, 1.807) is 23.1 Å².